The summed E-state index contributed by atoms with van der Waals surface area (Å²) < 4.78 is 38.9. The van der Waals surface area contributed by atoms with Crippen molar-refractivity contribution < 1.29 is 23.1 Å². The molecule has 0 aliphatic carbocycles. The number of carbonyl (C=O) groups is 1. The summed E-state index contributed by atoms with van der Waals surface area (Å²) in [4.78, 5) is 11.0. The van der Waals surface area contributed by atoms with Gasteiger partial charge in [0.15, 0.2) is 0 Å². The highest BCUT2D eigenvalue weighted by atomic mass is 19.4. The number of hydrogen-bond acceptors (Lipinski definition) is 2. The van der Waals surface area contributed by atoms with Crippen LogP contribution in [0.4, 0.5) is 13.2 Å². The third-order valence-electron chi connectivity index (χ3n) is 3.01. The molecule has 4 nitrogen and oxygen atoms in total. The van der Waals surface area contributed by atoms with Gasteiger partial charge in [-0.25, -0.2) is 0 Å². The second-order valence-corrected chi connectivity index (χ2v) is 4.30. The lowest BCUT2D eigenvalue weighted by atomic mass is 9.95. The summed E-state index contributed by atoms with van der Waals surface area (Å²) >= 11 is 0. The molecule has 20 heavy (non-hydrogen) atoms. The predicted octanol–water partition coefficient (Wildman–Crippen LogP) is 3.28. The Morgan fingerprint density at radius 3 is 2.60 bits per heavy atom. The van der Waals surface area contributed by atoms with Crippen LogP contribution < -0.4 is 0 Å². The summed E-state index contributed by atoms with van der Waals surface area (Å²) in [6.07, 6.45) is -3.29. The van der Waals surface area contributed by atoms with Crippen LogP contribution >= 0.6 is 0 Å². The van der Waals surface area contributed by atoms with E-state index in [0.717, 1.165) is 6.07 Å². The molecule has 0 aliphatic heterocycles. The molecule has 7 heteroatoms. The Kier molecular flexibility index (Phi) is 3.52. The van der Waals surface area contributed by atoms with Crippen LogP contribution in [0.1, 0.15) is 24.0 Å². The number of halogens is 3. The third-order valence-corrected chi connectivity index (χ3v) is 3.01. The number of rotatable bonds is 3. The van der Waals surface area contributed by atoms with Crippen LogP contribution in [0, 0.1) is 0 Å². The van der Waals surface area contributed by atoms with Gasteiger partial charge < -0.3 is 5.11 Å². The van der Waals surface area contributed by atoms with Gasteiger partial charge in [-0.05, 0) is 13.0 Å². The third kappa shape index (κ3) is 2.52. The lowest BCUT2D eigenvalue weighted by Crippen LogP contribution is -2.10. The first-order chi connectivity index (χ1) is 9.32. The van der Waals surface area contributed by atoms with Gasteiger partial charge in [-0.15, -0.1) is 0 Å². The Balaban J connectivity index is 2.60. The Bertz CT molecular complexity index is 635. The van der Waals surface area contributed by atoms with E-state index in [4.69, 9.17) is 5.11 Å². The van der Waals surface area contributed by atoms with Gasteiger partial charge in [0.05, 0.1) is 23.4 Å². The zero-order chi connectivity index (χ0) is 14.9. The fourth-order valence-corrected chi connectivity index (χ4v) is 1.92. The first-order valence-electron chi connectivity index (χ1n) is 5.75. The second-order valence-electron chi connectivity index (χ2n) is 4.30. The molecule has 0 aliphatic rings. The van der Waals surface area contributed by atoms with Gasteiger partial charge in [0.25, 0.3) is 0 Å². The molecule has 2 N–H and O–H groups in total. The summed E-state index contributed by atoms with van der Waals surface area (Å²) in [5.74, 6) is -2.08. The monoisotopic (exact) mass is 284 g/mol. The summed E-state index contributed by atoms with van der Waals surface area (Å²) in [6.45, 7) is 1.40. The average molecular weight is 284 g/mol. The van der Waals surface area contributed by atoms with Gasteiger partial charge in [0.2, 0.25) is 0 Å². The van der Waals surface area contributed by atoms with E-state index in [1.165, 1.54) is 31.3 Å². The molecule has 1 aromatic heterocycles. The molecule has 1 heterocycles. The number of hydrogen-bond donors (Lipinski definition) is 2. The summed E-state index contributed by atoms with van der Waals surface area (Å²) in [5, 5.41) is 15.1. The van der Waals surface area contributed by atoms with Crippen LogP contribution in [0.3, 0.4) is 0 Å². The number of carboxylic acid groups (broad SMARTS) is 1. The summed E-state index contributed by atoms with van der Waals surface area (Å²) in [5.41, 5.74) is -0.647. The number of nitrogens with one attached hydrogen (secondary N) is 1. The molecule has 0 bridgehead atoms. The number of aromatic amines is 1. The minimum absolute atomic E-state index is 0.0767. The second kappa shape index (κ2) is 4.99. The van der Waals surface area contributed by atoms with Crippen molar-refractivity contribution in [3.8, 4) is 11.3 Å². The van der Waals surface area contributed by atoms with E-state index < -0.39 is 23.6 Å². The molecule has 0 fully saturated rings. The molecule has 0 radical (unpaired) electrons. The van der Waals surface area contributed by atoms with Crippen molar-refractivity contribution >= 4 is 5.97 Å². The molecule has 1 unspecified atom stereocenters. The van der Waals surface area contributed by atoms with E-state index in [1.807, 2.05) is 0 Å². The first kappa shape index (κ1) is 14.1. The molecule has 0 amide bonds. The van der Waals surface area contributed by atoms with Crippen molar-refractivity contribution in [2.45, 2.75) is 19.0 Å². The molecule has 0 saturated carbocycles. The molecular formula is C13H11F3N2O2. The minimum atomic E-state index is -4.52. The quantitative estimate of drug-likeness (QED) is 0.909. The highest BCUT2D eigenvalue weighted by Crippen LogP contribution is 2.38. The fourth-order valence-electron chi connectivity index (χ4n) is 1.92. The number of carboxylic acids is 1. The standard InChI is InChI=1S/C13H11F3N2O2/c1-7(12(19)20)9-6-17-18-11(9)8-4-2-3-5-10(8)13(14,15)16/h2-7H,1H3,(H,17,18)(H,19,20). The van der Waals surface area contributed by atoms with Crippen LogP contribution in [0.15, 0.2) is 30.5 Å². The van der Waals surface area contributed by atoms with E-state index in [-0.39, 0.29) is 16.8 Å². The van der Waals surface area contributed by atoms with Crippen molar-refractivity contribution in [1.29, 1.82) is 0 Å². The van der Waals surface area contributed by atoms with Gasteiger partial charge in [0, 0.05) is 11.1 Å². The van der Waals surface area contributed by atoms with Gasteiger partial charge in [-0.1, -0.05) is 18.2 Å². The lowest BCUT2D eigenvalue weighted by Gasteiger charge is -2.13. The van der Waals surface area contributed by atoms with Gasteiger partial charge >= 0.3 is 12.1 Å². The smallest absolute Gasteiger partial charge is 0.417 e. The molecule has 1 aromatic carbocycles. The number of aliphatic carboxylic acids is 1. The Morgan fingerprint density at radius 2 is 2.00 bits per heavy atom. The Labute approximate surface area is 112 Å². The van der Waals surface area contributed by atoms with Crippen LogP contribution in [0.2, 0.25) is 0 Å². The largest absolute Gasteiger partial charge is 0.481 e. The lowest BCUT2D eigenvalue weighted by molar-refractivity contribution is -0.138. The highest BCUT2D eigenvalue weighted by molar-refractivity contribution is 5.80. The molecular weight excluding hydrogens is 273 g/mol. The number of aromatic nitrogens is 2. The van der Waals surface area contributed by atoms with Crippen molar-refractivity contribution in [2.75, 3.05) is 0 Å². The van der Waals surface area contributed by atoms with Crippen molar-refractivity contribution in [3.05, 3.63) is 41.6 Å². The van der Waals surface area contributed by atoms with Crippen LogP contribution in [-0.2, 0) is 11.0 Å². The first-order valence-corrected chi connectivity index (χ1v) is 5.75. The summed E-state index contributed by atoms with van der Waals surface area (Å²) in [7, 11) is 0. The van der Waals surface area contributed by atoms with Crippen LogP contribution in [-0.4, -0.2) is 21.3 Å². The van der Waals surface area contributed by atoms with Crippen molar-refractivity contribution in [1.82, 2.24) is 10.2 Å². The fraction of sp³-hybridized carbons (Fsp3) is 0.231. The minimum Gasteiger partial charge on any atom is -0.481 e. The molecule has 2 rings (SSSR count). The normalized spacial score (nSPS) is 13.2. The van der Waals surface area contributed by atoms with Crippen molar-refractivity contribution in [2.24, 2.45) is 0 Å². The number of nitrogens with zero attached hydrogens (tertiary/aromatic N) is 1. The molecule has 2 aromatic rings. The number of H-pyrrole nitrogens is 1. The maximum atomic E-state index is 13.0. The van der Waals surface area contributed by atoms with E-state index in [2.05, 4.69) is 10.2 Å². The summed E-state index contributed by atoms with van der Waals surface area (Å²) in [6, 6.07) is 4.98. The van der Waals surface area contributed by atoms with E-state index >= 15 is 0 Å². The maximum Gasteiger partial charge on any atom is 0.417 e. The van der Waals surface area contributed by atoms with Gasteiger partial charge in [-0.3, -0.25) is 9.89 Å². The average Bonchev–Trinajstić information content (AvgIpc) is 2.85. The van der Waals surface area contributed by atoms with Crippen LogP contribution in [0.25, 0.3) is 11.3 Å². The van der Waals surface area contributed by atoms with Gasteiger partial charge in [-0.2, -0.15) is 18.3 Å². The maximum absolute atomic E-state index is 13.0. The zero-order valence-corrected chi connectivity index (χ0v) is 10.4. The van der Waals surface area contributed by atoms with E-state index in [0.29, 0.717) is 0 Å². The Morgan fingerprint density at radius 1 is 1.35 bits per heavy atom. The van der Waals surface area contributed by atoms with Crippen molar-refractivity contribution in [3.63, 3.8) is 0 Å². The molecule has 1 atom stereocenters. The van der Waals surface area contributed by atoms with Crippen LogP contribution in [0.5, 0.6) is 0 Å². The Hall–Kier alpha value is -2.31. The topological polar surface area (TPSA) is 66.0 Å². The number of alkyl halides is 3. The number of benzene rings is 1. The molecule has 0 saturated heterocycles. The highest BCUT2D eigenvalue weighted by Gasteiger charge is 2.34. The van der Waals surface area contributed by atoms with Gasteiger partial charge in [0.1, 0.15) is 0 Å². The van der Waals surface area contributed by atoms with E-state index in [1.54, 1.807) is 0 Å². The zero-order valence-electron chi connectivity index (χ0n) is 10.4. The predicted molar refractivity (Wildman–Crippen MR) is 65.1 cm³/mol. The molecule has 0 spiro atoms. The molecule has 106 valence electrons. The van der Waals surface area contributed by atoms with E-state index in [9.17, 15) is 18.0 Å². The SMILES string of the molecule is CC(C(=O)O)c1cn[nH]c1-c1ccccc1C(F)(F)F.